The summed E-state index contributed by atoms with van der Waals surface area (Å²) < 4.78 is 6.30. The van der Waals surface area contributed by atoms with Crippen molar-refractivity contribution in [2.75, 3.05) is 7.11 Å². The summed E-state index contributed by atoms with van der Waals surface area (Å²) in [6.45, 7) is 0. The summed E-state index contributed by atoms with van der Waals surface area (Å²) in [4.78, 5) is 2.46. The Morgan fingerprint density at radius 1 is 1.50 bits per heavy atom. The van der Waals surface area contributed by atoms with Gasteiger partial charge in [-0.2, -0.15) is 0 Å². The second-order valence-corrected chi connectivity index (χ2v) is 6.19. The average molecular weight is 318 g/mol. The number of hydrogen-bond donors (Lipinski definition) is 1. The highest BCUT2D eigenvalue weighted by atomic mass is 79.9. The van der Waals surface area contributed by atoms with Crippen LogP contribution in [0.4, 0.5) is 0 Å². The highest BCUT2D eigenvalue weighted by Gasteiger charge is 2.12. The predicted molar refractivity (Wildman–Crippen MR) is 73.5 cm³/mol. The molecule has 0 fully saturated rings. The number of halogens is 1. The maximum atomic E-state index is 6.16. The first-order valence-corrected chi connectivity index (χ1v) is 7.36. The third-order valence-corrected chi connectivity index (χ3v) is 5.28. The Labute approximate surface area is 111 Å². The monoisotopic (exact) mass is 317 g/mol. The Hall–Kier alpha value is -0.360. The van der Waals surface area contributed by atoms with E-state index in [-0.39, 0.29) is 6.04 Å². The van der Waals surface area contributed by atoms with Gasteiger partial charge in [0.2, 0.25) is 0 Å². The zero-order valence-electron chi connectivity index (χ0n) is 8.77. The SMILES string of the molecule is COc1csc(C(N)Cc2sccc2Br)c1. The van der Waals surface area contributed by atoms with Crippen LogP contribution in [0.2, 0.25) is 0 Å². The number of ether oxygens (including phenoxy) is 1. The van der Waals surface area contributed by atoms with E-state index in [0.717, 1.165) is 21.5 Å². The van der Waals surface area contributed by atoms with Crippen LogP contribution in [-0.4, -0.2) is 7.11 Å². The largest absolute Gasteiger partial charge is 0.496 e. The van der Waals surface area contributed by atoms with E-state index in [1.807, 2.05) is 11.4 Å². The first kappa shape index (κ1) is 12.1. The Balaban J connectivity index is 2.08. The summed E-state index contributed by atoms with van der Waals surface area (Å²) in [5.74, 6) is 0.890. The summed E-state index contributed by atoms with van der Waals surface area (Å²) in [5.41, 5.74) is 6.16. The minimum Gasteiger partial charge on any atom is -0.496 e. The molecule has 0 spiro atoms. The summed E-state index contributed by atoms with van der Waals surface area (Å²) in [7, 11) is 1.67. The van der Waals surface area contributed by atoms with Gasteiger partial charge in [0.1, 0.15) is 5.75 Å². The molecule has 5 heteroatoms. The molecule has 0 radical (unpaired) electrons. The van der Waals surface area contributed by atoms with Crippen molar-refractivity contribution in [1.29, 1.82) is 0 Å². The minimum absolute atomic E-state index is 0.0452. The van der Waals surface area contributed by atoms with E-state index in [9.17, 15) is 0 Å². The van der Waals surface area contributed by atoms with E-state index in [0.29, 0.717) is 0 Å². The van der Waals surface area contributed by atoms with Gasteiger partial charge in [0.15, 0.2) is 0 Å². The second-order valence-electron chi connectivity index (χ2n) is 3.39. The van der Waals surface area contributed by atoms with Crippen LogP contribution in [0.25, 0.3) is 0 Å². The maximum absolute atomic E-state index is 6.16. The van der Waals surface area contributed by atoms with E-state index < -0.39 is 0 Å². The Kier molecular flexibility index (Phi) is 4.02. The number of methoxy groups -OCH3 is 1. The van der Waals surface area contributed by atoms with Gasteiger partial charge in [-0.25, -0.2) is 0 Å². The van der Waals surface area contributed by atoms with Crippen molar-refractivity contribution >= 4 is 38.6 Å². The summed E-state index contributed by atoms with van der Waals surface area (Å²) in [6, 6.07) is 4.11. The van der Waals surface area contributed by atoms with Crippen molar-refractivity contribution in [3.8, 4) is 5.75 Å². The van der Waals surface area contributed by atoms with Crippen molar-refractivity contribution in [2.45, 2.75) is 12.5 Å². The first-order valence-electron chi connectivity index (χ1n) is 4.80. The van der Waals surface area contributed by atoms with Crippen molar-refractivity contribution in [2.24, 2.45) is 5.73 Å². The van der Waals surface area contributed by atoms with Gasteiger partial charge in [0.05, 0.1) is 7.11 Å². The van der Waals surface area contributed by atoms with Crippen LogP contribution in [0.3, 0.4) is 0 Å². The molecule has 0 aromatic carbocycles. The summed E-state index contributed by atoms with van der Waals surface area (Å²) in [5, 5.41) is 4.06. The van der Waals surface area contributed by atoms with Gasteiger partial charge in [-0.3, -0.25) is 0 Å². The highest BCUT2D eigenvalue weighted by molar-refractivity contribution is 9.10. The Morgan fingerprint density at radius 3 is 2.88 bits per heavy atom. The molecule has 0 aliphatic carbocycles. The highest BCUT2D eigenvalue weighted by Crippen LogP contribution is 2.31. The quantitative estimate of drug-likeness (QED) is 0.930. The first-order chi connectivity index (χ1) is 7.70. The molecule has 1 unspecified atom stereocenters. The smallest absolute Gasteiger partial charge is 0.129 e. The molecule has 2 N–H and O–H groups in total. The van der Waals surface area contributed by atoms with Gasteiger partial charge in [0, 0.05) is 32.1 Å². The fourth-order valence-corrected chi connectivity index (χ4v) is 3.84. The summed E-state index contributed by atoms with van der Waals surface area (Å²) in [6.07, 6.45) is 0.863. The topological polar surface area (TPSA) is 35.2 Å². The van der Waals surface area contributed by atoms with Crippen LogP contribution in [0, 0.1) is 0 Å². The van der Waals surface area contributed by atoms with Crippen molar-refractivity contribution in [3.05, 3.63) is 37.1 Å². The molecule has 2 aromatic heterocycles. The molecule has 0 amide bonds. The van der Waals surface area contributed by atoms with E-state index in [2.05, 4.69) is 27.4 Å². The van der Waals surface area contributed by atoms with E-state index in [1.54, 1.807) is 29.8 Å². The lowest BCUT2D eigenvalue weighted by Crippen LogP contribution is -2.11. The molecule has 0 aliphatic rings. The van der Waals surface area contributed by atoms with Gasteiger partial charge >= 0.3 is 0 Å². The van der Waals surface area contributed by atoms with Crippen LogP contribution >= 0.6 is 38.6 Å². The molecule has 16 heavy (non-hydrogen) atoms. The summed E-state index contributed by atoms with van der Waals surface area (Å²) >= 11 is 6.90. The molecule has 0 saturated heterocycles. The molecular weight excluding hydrogens is 306 g/mol. The molecule has 86 valence electrons. The fraction of sp³-hybridized carbons (Fsp3) is 0.273. The number of thiophene rings is 2. The van der Waals surface area contributed by atoms with E-state index in [4.69, 9.17) is 10.5 Å². The molecule has 2 aromatic rings. The number of rotatable bonds is 4. The third kappa shape index (κ3) is 2.66. The van der Waals surface area contributed by atoms with Gasteiger partial charge in [-0.05, 0) is 33.4 Å². The van der Waals surface area contributed by atoms with Crippen molar-refractivity contribution < 1.29 is 4.74 Å². The van der Waals surface area contributed by atoms with Crippen LogP contribution < -0.4 is 10.5 Å². The van der Waals surface area contributed by atoms with E-state index >= 15 is 0 Å². The normalized spacial score (nSPS) is 12.7. The third-order valence-electron chi connectivity index (χ3n) is 2.29. The molecular formula is C11H12BrNOS2. The van der Waals surface area contributed by atoms with Gasteiger partial charge in [-0.15, -0.1) is 22.7 Å². The maximum Gasteiger partial charge on any atom is 0.129 e. The zero-order valence-corrected chi connectivity index (χ0v) is 12.0. The molecule has 2 rings (SSSR count). The minimum atomic E-state index is 0.0452. The van der Waals surface area contributed by atoms with Crippen LogP contribution in [0.15, 0.2) is 27.4 Å². The second kappa shape index (κ2) is 5.31. The molecule has 0 aliphatic heterocycles. The fourth-order valence-electron chi connectivity index (χ4n) is 1.41. The standard InChI is InChI=1S/C11H12BrNOS2/c1-14-7-4-11(16-6-7)9(13)5-10-8(12)2-3-15-10/h2-4,6,9H,5,13H2,1H3. The van der Waals surface area contributed by atoms with Crippen molar-refractivity contribution in [1.82, 2.24) is 0 Å². The van der Waals surface area contributed by atoms with Crippen LogP contribution in [0.1, 0.15) is 15.8 Å². The number of nitrogens with two attached hydrogens (primary N) is 1. The van der Waals surface area contributed by atoms with Gasteiger partial charge in [-0.1, -0.05) is 0 Å². The van der Waals surface area contributed by atoms with Crippen LogP contribution in [-0.2, 0) is 6.42 Å². The average Bonchev–Trinajstić information content (AvgIpc) is 2.88. The van der Waals surface area contributed by atoms with Gasteiger partial charge in [0.25, 0.3) is 0 Å². The Bertz CT molecular complexity index is 466. The van der Waals surface area contributed by atoms with Gasteiger partial charge < -0.3 is 10.5 Å². The molecule has 2 heterocycles. The molecule has 1 atom stereocenters. The van der Waals surface area contributed by atoms with E-state index in [1.165, 1.54) is 4.88 Å². The molecule has 0 saturated carbocycles. The van der Waals surface area contributed by atoms with Crippen LogP contribution in [0.5, 0.6) is 5.75 Å². The van der Waals surface area contributed by atoms with Crippen molar-refractivity contribution in [3.63, 3.8) is 0 Å². The molecule has 2 nitrogen and oxygen atoms in total. The predicted octanol–water partition coefficient (Wildman–Crippen LogP) is 3.82. The lowest BCUT2D eigenvalue weighted by atomic mass is 10.1. The lowest BCUT2D eigenvalue weighted by molar-refractivity contribution is 0.416. The number of hydrogen-bond acceptors (Lipinski definition) is 4. The molecule has 0 bridgehead atoms. The zero-order chi connectivity index (χ0) is 11.5. The Morgan fingerprint density at radius 2 is 2.31 bits per heavy atom. The lowest BCUT2D eigenvalue weighted by Gasteiger charge is -2.07.